The fraction of sp³-hybridized carbons (Fsp3) is 0.333. The summed E-state index contributed by atoms with van der Waals surface area (Å²) in [4.78, 5) is 0. The third kappa shape index (κ3) is 12.3. The maximum atomic E-state index is 14.7. The van der Waals surface area contributed by atoms with E-state index < -0.39 is 92.8 Å². The van der Waals surface area contributed by atoms with Gasteiger partial charge in [0.1, 0.15) is 57.5 Å². The first-order chi connectivity index (χ1) is 33.7. The summed E-state index contributed by atoms with van der Waals surface area (Å²) < 4.78 is 204. The number of rotatable bonds is 13. The first kappa shape index (κ1) is 52.7. The van der Waals surface area contributed by atoms with Gasteiger partial charge in [-0.1, -0.05) is 75.2 Å². The molecule has 2 saturated heterocycles. The second-order valence-corrected chi connectivity index (χ2v) is 17.6. The number of ether oxygens (including phenoxy) is 4. The monoisotopic (exact) mass is 1010 g/mol. The lowest BCUT2D eigenvalue weighted by Gasteiger charge is -2.29. The molecule has 2 fully saturated rings. The van der Waals surface area contributed by atoms with Crippen LogP contribution in [-0.4, -0.2) is 13.2 Å². The Labute approximate surface area is 401 Å². The van der Waals surface area contributed by atoms with Crippen LogP contribution in [0.25, 0.3) is 22.3 Å². The van der Waals surface area contributed by atoms with Crippen molar-refractivity contribution in [1.82, 2.24) is 0 Å². The van der Waals surface area contributed by atoms with Crippen molar-refractivity contribution in [3.63, 3.8) is 0 Å². The van der Waals surface area contributed by atoms with Gasteiger partial charge in [0.2, 0.25) is 0 Å². The third-order valence-corrected chi connectivity index (χ3v) is 12.6. The van der Waals surface area contributed by atoms with Gasteiger partial charge in [-0.25, -0.2) is 39.5 Å². The zero-order valence-electron chi connectivity index (χ0n) is 38.5. The molecule has 71 heavy (non-hydrogen) atoms. The molecule has 2 heterocycles. The molecular formula is C54H47F13O4. The largest absolute Gasteiger partial charge is 0.432 e. The van der Waals surface area contributed by atoms with Gasteiger partial charge in [-0.2, -0.15) is 17.6 Å². The van der Waals surface area contributed by atoms with Crippen molar-refractivity contribution in [3.8, 4) is 33.8 Å². The van der Waals surface area contributed by atoms with Gasteiger partial charge < -0.3 is 18.9 Å². The normalized spacial score (nSPS) is 18.4. The van der Waals surface area contributed by atoms with Crippen molar-refractivity contribution in [3.05, 3.63) is 177 Å². The average molecular weight is 1010 g/mol. The standard InChI is InChI=1S/C28H26F6O2.C26H21F7O2/c1-3-4-17-5-10-26(35-15-17)19-8-6-18(7-9-19)20-11-24(31)27(25(32)12-20)28(33,34)36-21-13-22(29)16(2)23(30)14-21;1-2-14-3-8-23(34-13-14)16-6-4-15(5-7-16)17-9-19(27)24(20(28)10-17)26(32,33)35-18-11-21(29)25(31)22(30)12-18/h6-9,11-14,17,26H,3-5,10,15H2,1-2H3;4-7,9-12,14,23H,2-3,8,13H2,1H3. The van der Waals surface area contributed by atoms with E-state index in [1.165, 1.54) is 0 Å². The molecule has 378 valence electrons. The second kappa shape index (κ2) is 22.1. The quantitative estimate of drug-likeness (QED) is 0.0853. The molecule has 0 aliphatic carbocycles. The Morgan fingerprint density at radius 1 is 0.465 bits per heavy atom. The Kier molecular flexibility index (Phi) is 16.4. The van der Waals surface area contributed by atoms with E-state index in [9.17, 15) is 57.1 Å². The molecule has 6 aromatic rings. The first-order valence-electron chi connectivity index (χ1n) is 22.8. The molecule has 17 heteroatoms. The van der Waals surface area contributed by atoms with Crippen LogP contribution >= 0.6 is 0 Å². The summed E-state index contributed by atoms with van der Waals surface area (Å²) in [5.41, 5.74) is -1.10. The van der Waals surface area contributed by atoms with Crippen LogP contribution in [0.3, 0.4) is 0 Å². The minimum Gasteiger partial charge on any atom is -0.429 e. The lowest BCUT2D eigenvalue weighted by Crippen LogP contribution is -2.25. The average Bonchev–Trinajstić information content (AvgIpc) is 3.32. The Balaban J connectivity index is 0.000000209. The van der Waals surface area contributed by atoms with Gasteiger partial charge in [0.05, 0.1) is 25.4 Å². The highest BCUT2D eigenvalue weighted by molar-refractivity contribution is 5.66. The zero-order valence-corrected chi connectivity index (χ0v) is 38.5. The van der Waals surface area contributed by atoms with E-state index in [0.29, 0.717) is 60.4 Å². The molecule has 0 saturated carbocycles. The van der Waals surface area contributed by atoms with Crippen LogP contribution in [0, 0.1) is 71.1 Å². The lowest BCUT2D eigenvalue weighted by atomic mass is 9.91. The predicted molar refractivity (Wildman–Crippen MR) is 238 cm³/mol. The molecule has 4 unspecified atom stereocenters. The fourth-order valence-corrected chi connectivity index (χ4v) is 8.58. The van der Waals surface area contributed by atoms with Gasteiger partial charge in [-0.3, -0.25) is 0 Å². The van der Waals surface area contributed by atoms with Crippen LogP contribution in [0.4, 0.5) is 57.1 Å². The number of benzene rings is 6. The highest BCUT2D eigenvalue weighted by Crippen LogP contribution is 2.41. The van der Waals surface area contributed by atoms with Gasteiger partial charge in [-0.15, -0.1) is 0 Å². The van der Waals surface area contributed by atoms with Crippen molar-refractivity contribution in [2.45, 2.75) is 90.1 Å². The molecular weight excluding hydrogens is 960 g/mol. The van der Waals surface area contributed by atoms with E-state index in [1.54, 1.807) is 48.5 Å². The summed E-state index contributed by atoms with van der Waals surface area (Å²) in [5, 5.41) is 0. The Morgan fingerprint density at radius 3 is 1.17 bits per heavy atom. The van der Waals surface area contributed by atoms with Gasteiger partial charge in [0.25, 0.3) is 0 Å². The van der Waals surface area contributed by atoms with Crippen LogP contribution in [-0.2, 0) is 21.7 Å². The fourth-order valence-electron chi connectivity index (χ4n) is 8.58. The number of alkyl halides is 4. The molecule has 0 spiro atoms. The first-order valence-corrected chi connectivity index (χ1v) is 22.8. The molecule has 0 N–H and O–H groups in total. The van der Waals surface area contributed by atoms with Crippen LogP contribution in [0.1, 0.15) is 98.8 Å². The molecule has 2 aliphatic heterocycles. The molecule has 8 rings (SSSR count). The van der Waals surface area contributed by atoms with E-state index in [0.717, 1.165) is 75.1 Å². The minimum atomic E-state index is -4.64. The summed E-state index contributed by atoms with van der Waals surface area (Å²) in [6.45, 7) is 6.72. The van der Waals surface area contributed by atoms with E-state index in [4.69, 9.17) is 9.47 Å². The number of halogens is 13. The van der Waals surface area contributed by atoms with Gasteiger partial charge in [-0.05, 0) is 109 Å². The lowest BCUT2D eigenvalue weighted by molar-refractivity contribution is -0.190. The van der Waals surface area contributed by atoms with E-state index in [2.05, 4.69) is 23.3 Å². The highest BCUT2D eigenvalue weighted by atomic mass is 19.3. The predicted octanol–water partition coefficient (Wildman–Crippen LogP) is 16.7. The summed E-state index contributed by atoms with van der Waals surface area (Å²) in [6.07, 6.45) is -2.18. The summed E-state index contributed by atoms with van der Waals surface area (Å²) >= 11 is 0. The summed E-state index contributed by atoms with van der Waals surface area (Å²) in [6, 6.07) is 17.9. The smallest absolute Gasteiger partial charge is 0.429 e. The number of hydrogen-bond donors (Lipinski definition) is 0. The van der Waals surface area contributed by atoms with Crippen molar-refractivity contribution in [2.75, 3.05) is 13.2 Å². The van der Waals surface area contributed by atoms with Gasteiger partial charge in [0.15, 0.2) is 17.5 Å². The zero-order chi connectivity index (χ0) is 51.4. The van der Waals surface area contributed by atoms with Crippen molar-refractivity contribution in [2.24, 2.45) is 11.8 Å². The Bertz CT molecular complexity index is 2710. The molecule has 0 aromatic heterocycles. The summed E-state index contributed by atoms with van der Waals surface area (Å²) in [7, 11) is 0. The van der Waals surface area contributed by atoms with Gasteiger partial charge in [0, 0.05) is 29.8 Å². The third-order valence-electron chi connectivity index (χ3n) is 12.6. The topological polar surface area (TPSA) is 36.9 Å². The van der Waals surface area contributed by atoms with Crippen LogP contribution in [0.2, 0.25) is 0 Å². The second-order valence-electron chi connectivity index (χ2n) is 17.6. The molecule has 6 aromatic carbocycles. The number of hydrogen-bond acceptors (Lipinski definition) is 4. The maximum absolute atomic E-state index is 14.7. The van der Waals surface area contributed by atoms with E-state index in [-0.39, 0.29) is 35.5 Å². The molecule has 2 aliphatic rings. The van der Waals surface area contributed by atoms with Crippen LogP contribution < -0.4 is 9.47 Å². The Hall–Kier alpha value is -6.07. The highest BCUT2D eigenvalue weighted by Gasteiger charge is 2.43. The van der Waals surface area contributed by atoms with Crippen LogP contribution in [0.15, 0.2) is 97.1 Å². The molecule has 4 atom stereocenters. The molecule has 4 nitrogen and oxygen atoms in total. The molecule has 0 amide bonds. The van der Waals surface area contributed by atoms with Crippen molar-refractivity contribution in [1.29, 1.82) is 0 Å². The molecule has 0 radical (unpaired) electrons. The van der Waals surface area contributed by atoms with Crippen molar-refractivity contribution < 1.29 is 76.0 Å². The van der Waals surface area contributed by atoms with E-state index >= 15 is 0 Å². The Morgan fingerprint density at radius 2 is 0.831 bits per heavy atom. The molecule has 0 bridgehead atoms. The van der Waals surface area contributed by atoms with E-state index in [1.807, 2.05) is 0 Å². The van der Waals surface area contributed by atoms with Gasteiger partial charge >= 0.3 is 12.2 Å². The summed E-state index contributed by atoms with van der Waals surface area (Å²) in [5.74, 6) is -15.0. The van der Waals surface area contributed by atoms with Crippen molar-refractivity contribution >= 4 is 0 Å². The maximum Gasteiger partial charge on any atom is 0.432 e. The SMILES string of the molecule is CCC1CCC(c2ccc(-c3cc(F)c(C(F)(F)Oc4cc(F)c(F)c(F)c4)c(F)c3)cc2)OC1.CCCC1CCC(c2ccc(-c3cc(F)c(C(F)(F)Oc4cc(F)c(C)c(F)c4)c(F)c3)cc2)OC1. The van der Waals surface area contributed by atoms with Crippen LogP contribution in [0.5, 0.6) is 11.5 Å². The minimum absolute atomic E-state index is 0.000538.